The Bertz CT molecular complexity index is 898. The van der Waals surface area contributed by atoms with Gasteiger partial charge in [0.05, 0.1) is 11.4 Å². The number of imidazole rings is 1. The minimum atomic E-state index is 0.713. The molecule has 0 fully saturated rings. The highest BCUT2D eigenvalue weighted by molar-refractivity contribution is 6.05. The van der Waals surface area contributed by atoms with Gasteiger partial charge in [-0.05, 0) is 63.8 Å². The molecule has 3 aromatic rings. The van der Waals surface area contributed by atoms with E-state index >= 15 is 0 Å². The van der Waals surface area contributed by atoms with E-state index in [1.165, 1.54) is 33.4 Å². The lowest BCUT2D eigenvalue weighted by molar-refractivity contribution is 0.859. The summed E-state index contributed by atoms with van der Waals surface area (Å²) in [7, 11) is 5.81. The first kappa shape index (κ1) is 17.3. The second-order valence-corrected chi connectivity index (χ2v) is 6.96. The van der Waals surface area contributed by atoms with Crippen LogP contribution in [0.2, 0.25) is 0 Å². The number of nitrogens with zero attached hydrogens (tertiary/aromatic N) is 3. The lowest BCUT2D eigenvalue weighted by atomic mass is 10.0. The van der Waals surface area contributed by atoms with Crippen molar-refractivity contribution in [1.82, 2.24) is 9.13 Å². The summed E-state index contributed by atoms with van der Waals surface area (Å²) in [5, 5.41) is 0. The van der Waals surface area contributed by atoms with Gasteiger partial charge in [0.1, 0.15) is 0 Å². The zero-order valence-corrected chi connectivity index (χ0v) is 15.9. The van der Waals surface area contributed by atoms with Crippen LogP contribution in [0.3, 0.4) is 0 Å². The first-order chi connectivity index (χ1) is 11.8. The highest BCUT2D eigenvalue weighted by Gasteiger charge is 2.13. The molecule has 0 amide bonds. The third kappa shape index (κ3) is 2.97. The van der Waals surface area contributed by atoms with Crippen LogP contribution in [-0.2, 0) is 0 Å². The molecule has 2 aromatic carbocycles. The molecule has 3 rings (SSSR count). The van der Waals surface area contributed by atoms with Gasteiger partial charge in [-0.25, -0.2) is 0 Å². The van der Waals surface area contributed by atoms with Gasteiger partial charge in [-0.15, -0.1) is 0 Å². The molecule has 1 heterocycles. The molecule has 3 nitrogen and oxygen atoms in total. The lowest BCUT2D eigenvalue weighted by Crippen LogP contribution is -2.26. The SMILES string of the molecule is [B]N=c1n(-c2c(C)cc(C)cc2C)ccn1-c1c(C)cc(C)cc1C. The van der Waals surface area contributed by atoms with Crippen molar-refractivity contribution in [2.45, 2.75) is 41.5 Å². The molecule has 0 saturated carbocycles. The van der Waals surface area contributed by atoms with E-state index in [1.54, 1.807) is 0 Å². The molecule has 0 atom stereocenters. The van der Waals surface area contributed by atoms with E-state index in [9.17, 15) is 0 Å². The van der Waals surface area contributed by atoms with Crippen molar-refractivity contribution in [2.24, 2.45) is 4.90 Å². The minimum Gasteiger partial charge on any atom is -0.326 e. The first-order valence-electron chi connectivity index (χ1n) is 8.54. The topological polar surface area (TPSA) is 22.2 Å². The maximum Gasteiger partial charge on any atom is 0.264 e. The summed E-state index contributed by atoms with van der Waals surface area (Å²) >= 11 is 0. The first-order valence-corrected chi connectivity index (χ1v) is 8.54. The molecule has 25 heavy (non-hydrogen) atoms. The molecular weight excluding hydrogens is 305 g/mol. The third-order valence-corrected chi connectivity index (χ3v) is 4.66. The van der Waals surface area contributed by atoms with E-state index < -0.39 is 0 Å². The summed E-state index contributed by atoms with van der Waals surface area (Å²) in [6, 6.07) is 8.76. The second-order valence-electron chi connectivity index (χ2n) is 6.96. The van der Waals surface area contributed by atoms with Crippen molar-refractivity contribution >= 4 is 7.98 Å². The van der Waals surface area contributed by atoms with Crippen LogP contribution in [0, 0.1) is 41.5 Å². The van der Waals surface area contributed by atoms with Gasteiger partial charge in [-0.3, -0.25) is 9.13 Å². The summed E-state index contributed by atoms with van der Waals surface area (Å²) in [6.45, 7) is 12.7. The van der Waals surface area contributed by atoms with Gasteiger partial charge in [0.15, 0.2) is 5.62 Å². The fraction of sp³-hybridized carbons (Fsp3) is 0.286. The average molecular weight is 329 g/mol. The number of aryl methyl sites for hydroxylation is 6. The number of hydrogen-bond donors (Lipinski definition) is 0. The van der Waals surface area contributed by atoms with Crippen molar-refractivity contribution in [3.63, 3.8) is 0 Å². The predicted octanol–water partition coefficient (Wildman–Crippen LogP) is 4.10. The molecule has 0 unspecified atom stereocenters. The molecule has 4 heteroatoms. The Morgan fingerprint density at radius 3 is 1.24 bits per heavy atom. The molecule has 0 bridgehead atoms. The molecule has 0 N–H and O–H groups in total. The van der Waals surface area contributed by atoms with E-state index in [2.05, 4.69) is 79.8 Å². The van der Waals surface area contributed by atoms with E-state index in [4.69, 9.17) is 7.98 Å². The van der Waals surface area contributed by atoms with Crippen molar-refractivity contribution in [1.29, 1.82) is 0 Å². The standard InChI is InChI=1S/C21H24BN3/c1-13-9-15(3)19(16(4)10-13)24-7-8-25(21(24)23-22)20-17(5)11-14(2)12-18(20)6/h7-12H,1-6H3. The van der Waals surface area contributed by atoms with Crippen LogP contribution >= 0.6 is 0 Å². The number of hydrogen-bond acceptors (Lipinski definition) is 1. The average Bonchev–Trinajstić information content (AvgIpc) is 2.88. The molecule has 0 saturated heterocycles. The Morgan fingerprint density at radius 2 is 0.960 bits per heavy atom. The van der Waals surface area contributed by atoms with Crippen LogP contribution in [0.5, 0.6) is 0 Å². The van der Waals surface area contributed by atoms with Crippen molar-refractivity contribution in [3.05, 3.63) is 75.7 Å². The van der Waals surface area contributed by atoms with E-state index in [1.807, 2.05) is 12.4 Å². The van der Waals surface area contributed by atoms with Gasteiger partial charge in [0.25, 0.3) is 7.98 Å². The van der Waals surface area contributed by atoms with Gasteiger partial charge in [0.2, 0.25) is 0 Å². The highest BCUT2D eigenvalue weighted by atomic mass is 15.2. The highest BCUT2D eigenvalue weighted by Crippen LogP contribution is 2.22. The van der Waals surface area contributed by atoms with Gasteiger partial charge < -0.3 is 4.90 Å². The van der Waals surface area contributed by atoms with E-state index in [-0.39, 0.29) is 0 Å². The Morgan fingerprint density at radius 1 is 0.640 bits per heavy atom. The fourth-order valence-electron chi connectivity index (χ4n) is 3.96. The second kappa shape index (κ2) is 6.43. The summed E-state index contributed by atoms with van der Waals surface area (Å²) in [6.07, 6.45) is 4.07. The minimum absolute atomic E-state index is 0.713. The fourth-order valence-corrected chi connectivity index (χ4v) is 3.96. The van der Waals surface area contributed by atoms with Crippen molar-refractivity contribution in [3.8, 4) is 11.4 Å². The summed E-state index contributed by atoms with van der Waals surface area (Å²) in [5.41, 5.74) is 10.3. The van der Waals surface area contributed by atoms with Gasteiger partial charge in [-0.2, -0.15) is 0 Å². The van der Waals surface area contributed by atoms with Crippen LogP contribution in [0.1, 0.15) is 33.4 Å². The van der Waals surface area contributed by atoms with Crippen LogP contribution in [-0.4, -0.2) is 17.1 Å². The molecule has 2 radical (unpaired) electrons. The summed E-state index contributed by atoms with van der Waals surface area (Å²) < 4.78 is 4.14. The number of rotatable bonds is 2. The molecule has 1 aromatic heterocycles. The van der Waals surface area contributed by atoms with E-state index in [0.29, 0.717) is 5.62 Å². The van der Waals surface area contributed by atoms with Gasteiger partial charge in [0, 0.05) is 12.4 Å². The Labute approximate surface area is 151 Å². The molecule has 0 spiro atoms. The molecule has 0 aliphatic rings. The Hall–Kier alpha value is -2.49. The third-order valence-electron chi connectivity index (χ3n) is 4.66. The predicted molar refractivity (Wildman–Crippen MR) is 105 cm³/mol. The van der Waals surface area contributed by atoms with Crippen LogP contribution in [0.15, 0.2) is 41.6 Å². The molecular formula is C21H24BN3. The quantitative estimate of drug-likeness (QED) is 0.632. The van der Waals surface area contributed by atoms with Crippen molar-refractivity contribution in [2.75, 3.05) is 0 Å². The lowest BCUT2D eigenvalue weighted by Gasteiger charge is -2.15. The number of aromatic nitrogens is 2. The maximum absolute atomic E-state index is 5.81. The molecule has 126 valence electrons. The summed E-state index contributed by atoms with van der Waals surface area (Å²) in [5.74, 6) is 0. The Balaban J connectivity index is 2.31. The van der Waals surface area contributed by atoms with Gasteiger partial charge >= 0.3 is 0 Å². The van der Waals surface area contributed by atoms with Crippen LogP contribution < -0.4 is 5.62 Å². The van der Waals surface area contributed by atoms with Crippen LogP contribution in [0.4, 0.5) is 0 Å². The van der Waals surface area contributed by atoms with E-state index in [0.717, 1.165) is 11.4 Å². The molecule has 0 aliphatic carbocycles. The monoisotopic (exact) mass is 329 g/mol. The largest absolute Gasteiger partial charge is 0.326 e. The smallest absolute Gasteiger partial charge is 0.264 e. The zero-order valence-electron chi connectivity index (χ0n) is 15.9. The molecule has 0 aliphatic heterocycles. The normalized spacial score (nSPS) is 11.0. The maximum atomic E-state index is 5.81. The number of benzene rings is 2. The van der Waals surface area contributed by atoms with Crippen LogP contribution in [0.25, 0.3) is 11.4 Å². The zero-order chi connectivity index (χ0) is 18.3. The Kier molecular flexibility index (Phi) is 4.46. The van der Waals surface area contributed by atoms with Gasteiger partial charge in [-0.1, -0.05) is 35.4 Å². The summed E-state index contributed by atoms with van der Waals surface area (Å²) in [4.78, 5) is 4.12. The van der Waals surface area contributed by atoms with Crippen molar-refractivity contribution < 1.29 is 0 Å².